The number of methoxy groups -OCH3 is 1. The molecule has 1 N–H and O–H groups in total. The molecule has 0 saturated carbocycles. The molecule has 1 aliphatic carbocycles. The van der Waals surface area contributed by atoms with Crippen LogP contribution in [-0.4, -0.2) is 48.4 Å². The lowest BCUT2D eigenvalue weighted by Gasteiger charge is -2.27. The summed E-state index contributed by atoms with van der Waals surface area (Å²) >= 11 is 0. The van der Waals surface area contributed by atoms with Crippen LogP contribution in [0.25, 0.3) is 0 Å². The van der Waals surface area contributed by atoms with Crippen LogP contribution in [0.5, 0.6) is 5.75 Å². The van der Waals surface area contributed by atoms with Crippen LogP contribution in [0.2, 0.25) is 0 Å². The molecular formula is C26H34N2O4. The minimum absolute atomic E-state index is 0.0701. The molecule has 6 heteroatoms. The number of fused-ring (bicyclic) bond motifs is 1. The Bertz CT molecular complexity index is 930. The van der Waals surface area contributed by atoms with Crippen molar-refractivity contribution in [1.29, 1.82) is 0 Å². The molecule has 0 fully saturated rings. The second-order valence-corrected chi connectivity index (χ2v) is 8.24. The maximum atomic E-state index is 12.4. The second kappa shape index (κ2) is 11.7. The van der Waals surface area contributed by atoms with Gasteiger partial charge in [-0.15, -0.1) is 0 Å². The Morgan fingerprint density at radius 2 is 2.12 bits per heavy atom. The van der Waals surface area contributed by atoms with Gasteiger partial charge in [0.25, 0.3) is 0 Å². The summed E-state index contributed by atoms with van der Waals surface area (Å²) in [6.07, 6.45) is 9.32. The number of aliphatic hydroxyl groups excluding tert-OH is 1. The maximum absolute atomic E-state index is 12.4. The molecule has 3 rings (SSSR count). The predicted molar refractivity (Wildman–Crippen MR) is 127 cm³/mol. The molecule has 32 heavy (non-hydrogen) atoms. The summed E-state index contributed by atoms with van der Waals surface area (Å²) in [6, 6.07) is 8.18. The first-order valence-corrected chi connectivity index (χ1v) is 11.4. The lowest BCUT2D eigenvalue weighted by atomic mass is 9.90. The largest absolute Gasteiger partial charge is 0.511 e. The van der Waals surface area contributed by atoms with Gasteiger partial charge in [-0.3, -0.25) is 9.89 Å². The zero-order valence-electron chi connectivity index (χ0n) is 19.3. The number of hydrogen-bond acceptors (Lipinski definition) is 6. The minimum Gasteiger partial charge on any atom is -0.511 e. The average Bonchev–Trinajstić information content (AvgIpc) is 2.80. The van der Waals surface area contributed by atoms with Crippen molar-refractivity contribution in [3.8, 4) is 5.75 Å². The van der Waals surface area contributed by atoms with Gasteiger partial charge in [-0.2, -0.15) is 0 Å². The first-order valence-electron chi connectivity index (χ1n) is 11.4. The third-order valence-corrected chi connectivity index (χ3v) is 5.82. The van der Waals surface area contributed by atoms with Gasteiger partial charge in [0.1, 0.15) is 22.8 Å². The molecule has 0 amide bonds. The topological polar surface area (TPSA) is 71.4 Å². The SMILES string of the molecule is CCCCN(CCCN=C(C)C1=C(O)C2CC=CC=C2OC1=O)Cc1cccc(OC)c1. The molecule has 2 aliphatic rings. The minimum atomic E-state index is -0.524. The van der Waals surface area contributed by atoms with Gasteiger partial charge >= 0.3 is 5.97 Å². The smallest absolute Gasteiger partial charge is 0.348 e. The Hall–Kier alpha value is -2.86. The van der Waals surface area contributed by atoms with E-state index in [1.165, 1.54) is 5.56 Å². The van der Waals surface area contributed by atoms with Crippen molar-refractivity contribution < 1.29 is 19.4 Å². The van der Waals surface area contributed by atoms with E-state index >= 15 is 0 Å². The molecule has 1 heterocycles. The molecule has 1 atom stereocenters. The molecule has 172 valence electrons. The summed E-state index contributed by atoms with van der Waals surface area (Å²) < 4.78 is 10.8. The fourth-order valence-electron chi connectivity index (χ4n) is 4.03. The van der Waals surface area contributed by atoms with Crippen molar-refractivity contribution in [3.05, 3.63) is 65.1 Å². The van der Waals surface area contributed by atoms with E-state index in [-0.39, 0.29) is 17.3 Å². The highest BCUT2D eigenvalue weighted by Gasteiger charge is 2.35. The highest BCUT2D eigenvalue weighted by Crippen LogP contribution is 2.34. The number of benzene rings is 1. The Morgan fingerprint density at radius 1 is 1.31 bits per heavy atom. The molecular weight excluding hydrogens is 404 g/mol. The first kappa shape index (κ1) is 23.8. The van der Waals surface area contributed by atoms with E-state index in [1.807, 2.05) is 24.3 Å². The van der Waals surface area contributed by atoms with E-state index in [4.69, 9.17) is 9.47 Å². The van der Waals surface area contributed by atoms with Crippen LogP contribution in [0.3, 0.4) is 0 Å². The van der Waals surface area contributed by atoms with Crippen molar-refractivity contribution in [2.24, 2.45) is 10.9 Å². The number of hydrogen-bond donors (Lipinski definition) is 1. The lowest BCUT2D eigenvalue weighted by Crippen LogP contribution is -2.28. The van der Waals surface area contributed by atoms with Crippen LogP contribution in [0, 0.1) is 5.92 Å². The Balaban J connectivity index is 1.59. The zero-order chi connectivity index (χ0) is 22.9. The highest BCUT2D eigenvalue weighted by molar-refractivity contribution is 6.20. The van der Waals surface area contributed by atoms with Crippen molar-refractivity contribution in [3.63, 3.8) is 0 Å². The van der Waals surface area contributed by atoms with Crippen molar-refractivity contribution in [2.45, 2.75) is 46.1 Å². The summed E-state index contributed by atoms with van der Waals surface area (Å²) in [5.41, 5.74) is 1.97. The molecule has 1 aliphatic heterocycles. The van der Waals surface area contributed by atoms with Crippen LogP contribution < -0.4 is 4.74 Å². The third kappa shape index (κ3) is 6.10. The molecule has 0 saturated heterocycles. The van der Waals surface area contributed by atoms with Crippen LogP contribution >= 0.6 is 0 Å². The molecule has 1 unspecified atom stereocenters. The molecule has 0 spiro atoms. The number of nitrogens with zero attached hydrogens (tertiary/aromatic N) is 2. The quantitative estimate of drug-likeness (QED) is 0.300. The Labute approximate surface area is 190 Å². The number of ether oxygens (including phenoxy) is 2. The molecule has 1 aromatic rings. The average molecular weight is 439 g/mol. The summed E-state index contributed by atoms with van der Waals surface area (Å²) in [6.45, 7) is 7.35. The van der Waals surface area contributed by atoms with E-state index in [0.29, 0.717) is 24.4 Å². The number of aliphatic hydroxyl groups is 1. The van der Waals surface area contributed by atoms with E-state index in [0.717, 1.165) is 44.6 Å². The molecule has 6 nitrogen and oxygen atoms in total. The van der Waals surface area contributed by atoms with Crippen LogP contribution in [0.1, 0.15) is 45.1 Å². The van der Waals surface area contributed by atoms with E-state index in [1.54, 1.807) is 20.1 Å². The zero-order valence-corrected chi connectivity index (χ0v) is 19.3. The molecule has 0 aromatic heterocycles. The van der Waals surface area contributed by atoms with Gasteiger partial charge in [0.05, 0.1) is 13.0 Å². The van der Waals surface area contributed by atoms with Gasteiger partial charge in [-0.25, -0.2) is 4.79 Å². The predicted octanol–water partition coefficient (Wildman–Crippen LogP) is 4.98. The highest BCUT2D eigenvalue weighted by atomic mass is 16.5. The van der Waals surface area contributed by atoms with Gasteiger partial charge in [0.15, 0.2) is 0 Å². The fourth-order valence-corrected chi connectivity index (χ4v) is 4.03. The standard InChI is InChI=1S/C26H34N2O4/c1-4-5-15-28(18-20-10-8-11-21(17-20)31-3)16-9-14-27-19(2)24-25(29)22-12-6-7-13-23(22)32-26(24)30/h6-8,10-11,13,17,22,29H,4-5,9,12,14-16,18H2,1-3H3. The number of carbonyl (C=O) groups excluding carboxylic acids is 1. The van der Waals surface area contributed by atoms with Gasteiger partial charge < -0.3 is 14.6 Å². The normalized spacial score (nSPS) is 18.5. The van der Waals surface area contributed by atoms with Gasteiger partial charge in [0.2, 0.25) is 0 Å². The molecule has 0 radical (unpaired) electrons. The van der Waals surface area contributed by atoms with E-state index in [2.05, 4.69) is 28.9 Å². The molecule has 1 aromatic carbocycles. The van der Waals surface area contributed by atoms with Gasteiger partial charge in [-0.05, 0) is 56.5 Å². The lowest BCUT2D eigenvalue weighted by molar-refractivity contribution is -0.136. The van der Waals surface area contributed by atoms with E-state index < -0.39 is 5.97 Å². The first-order chi connectivity index (χ1) is 15.5. The second-order valence-electron chi connectivity index (χ2n) is 8.24. The number of aliphatic imine (C=N–C) groups is 1. The number of rotatable bonds is 11. The number of unbranched alkanes of at least 4 members (excludes halogenated alkanes) is 1. The number of allylic oxidation sites excluding steroid dienone is 3. The van der Waals surface area contributed by atoms with Crippen LogP contribution in [0.4, 0.5) is 0 Å². The van der Waals surface area contributed by atoms with Crippen molar-refractivity contribution in [1.82, 2.24) is 4.90 Å². The van der Waals surface area contributed by atoms with Crippen molar-refractivity contribution in [2.75, 3.05) is 26.7 Å². The summed E-state index contributed by atoms with van der Waals surface area (Å²) in [7, 11) is 1.69. The van der Waals surface area contributed by atoms with E-state index in [9.17, 15) is 9.90 Å². The number of esters is 1. The maximum Gasteiger partial charge on any atom is 0.348 e. The van der Waals surface area contributed by atoms with Gasteiger partial charge in [-0.1, -0.05) is 37.6 Å². The monoisotopic (exact) mass is 438 g/mol. The van der Waals surface area contributed by atoms with Crippen LogP contribution in [-0.2, 0) is 16.1 Å². The Morgan fingerprint density at radius 3 is 2.91 bits per heavy atom. The fraction of sp³-hybridized carbons (Fsp3) is 0.462. The van der Waals surface area contributed by atoms with Crippen molar-refractivity contribution >= 4 is 11.7 Å². The van der Waals surface area contributed by atoms with Gasteiger partial charge in [0, 0.05) is 25.3 Å². The number of carbonyl (C=O) groups is 1. The summed E-state index contributed by atoms with van der Waals surface area (Å²) in [5, 5.41) is 10.7. The third-order valence-electron chi connectivity index (χ3n) is 5.82. The van der Waals surface area contributed by atoms with Crippen LogP contribution in [0.15, 0.2) is 64.6 Å². The summed E-state index contributed by atoms with van der Waals surface area (Å²) in [4.78, 5) is 19.4. The molecule has 0 bridgehead atoms. The Kier molecular flexibility index (Phi) is 8.68. The summed E-state index contributed by atoms with van der Waals surface area (Å²) in [5.74, 6) is 0.642.